The van der Waals surface area contributed by atoms with Gasteiger partial charge in [-0.05, 0) is 42.7 Å². The fourth-order valence-corrected chi connectivity index (χ4v) is 2.12. The molecule has 0 atom stereocenters. The van der Waals surface area contributed by atoms with Crippen LogP contribution in [0, 0.1) is 6.92 Å². The van der Waals surface area contributed by atoms with E-state index in [0.717, 1.165) is 11.1 Å². The van der Waals surface area contributed by atoms with Crippen LogP contribution < -0.4 is 0 Å². The molecular formula is C16H18O2. The zero-order chi connectivity index (χ0) is 13.1. The monoisotopic (exact) mass is 242 g/mol. The van der Waals surface area contributed by atoms with Crippen molar-refractivity contribution in [2.45, 2.75) is 33.3 Å². The lowest BCUT2D eigenvalue weighted by Gasteiger charge is -2.11. The Bertz CT molecular complexity index is 570. The van der Waals surface area contributed by atoms with Crippen molar-refractivity contribution in [2.75, 3.05) is 0 Å². The third-order valence-corrected chi connectivity index (χ3v) is 3.01. The summed E-state index contributed by atoms with van der Waals surface area (Å²) in [7, 11) is 0. The number of carbonyl (C=O) groups excluding carboxylic acids is 1. The molecule has 0 aliphatic carbocycles. The molecule has 0 bridgehead atoms. The molecule has 0 N–H and O–H groups in total. The molecule has 0 spiro atoms. The van der Waals surface area contributed by atoms with Crippen LogP contribution in [0.15, 0.2) is 36.4 Å². The van der Waals surface area contributed by atoms with Gasteiger partial charge in [0.05, 0.1) is 12.5 Å². The molecule has 2 aromatic carbocycles. The first-order valence-electron chi connectivity index (χ1n) is 6.24. The van der Waals surface area contributed by atoms with Gasteiger partial charge in [-0.1, -0.05) is 36.4 Å². The van der Waals surface area contributed by atoms with Gasteiger partial charge in [0.25, 0.3) is 0 Å². The lowest BCUT2D eigenvalue weighted by Crippen LogP contribution is -2.14. The van der Waals surface area contributed by atoms with Crippen LogP contribution >= 0.6 is 0 Å². The summed E-state index contributed by atoms with van der Waals surface area (Å²) in [5.41, 5.74) is 2.20. The standard InChI is InChI=1S/C16H18O2/c1-11(2)18-16(17)10-14-9-8-13-6-4-5-7-15(13)12(14)3/h4-9,11H,10H2,1-3H3. The number of hydrogen-bond donors (Lipinski definition) is 0. The summed E-state index contributed by atoms with van der Waals surface area (Å²) in [4.78, 5) is 11.7. The first kappa shape index (κ1) is 12.6. The zero-order valence-electron chi connectivity index (χ0n) is 11.1. The molecule has 0 radical (unpaired) electrons. The maximum atomic E-state index is 11.7. The fourth-order valence-electron chi connectivity index (χ4n) is 2.12. The van der Waals surface area contributed by atoms with Gasteiger partial charge in [0.2, 0.25) is 0 Å². The molecule has 18 heavy (non-hydrogen) atoms. The average molecular weight is 242 g/mol. The molecule has 2 heteroatoms. The Morgan fingerprint density at radius 1 is 1.17 bits per heavy atom. The average Bonchev–Trinajstić information content (AvgIpc) is 2.32. The van der Waals surface area contributed by atoms with E-state index in [-0.39, 0.29) is 12.1 Å². The van der Waals surface area contributed by atoms with Gasteiger partial charge in [0.1, 0.15) is 0 Å². The molecule has 0 aliphatic rings. The molecule has 2 aromatic rings. The van der Waals surface area contributed by atoms with Crippen molar-refractivity contribution in [1.29, 1.82) is 0 Å². The maximum Gasteiger partial charge on any atom is 0.310 e. The van der Waals surface area contributed by atoms with E-state index in [0.29, 0.717) is 6.42 Å². The molecule has 2 rings (SSSR count). The van der Waals surface area contributed by atoms with E-state index in [2.05, 4.69) is 25.1 Å². The zero-order valence-corrected chi connectivity index (χ0v) is 11.1. The summed E-state index contributed by atoms with van der Waals surface area (Å²) in [6.45, 7) is 5.79. The Morgan fingerprint density at radius 3 is 2.61 bits per heavy atom. The Morgan fingerprint density at radius 2 is 1.89 bits per heavy atom. The summed E-state index contributed by atoms with van der Waals surface area (Å²) >= 11 is 0. The highest BCUT2D eigenvalue weighted by Gasteiger charge is 2.10. The lowest BCUT2D eigenvalue weighted by molar-refractivity contribution is -0.146. The SMILES string of the molecule is Cc1c(CC(=O)OC(C)C)ccc2ccccc12. The third kappa shape index (κ3) is 2.70. The van der Waals surface area contributed by atoms with Crippen LogP contribution in [0.4, 0.5) is 0 Å². The van der Waals surface area contributed by atoms with Crippen LogP contribution in [0.1, 0.15) is 25.0 Å². The van der Waals surface area contributed by atoms with E-state index >= 15 is 0 Å². The molecule has 0 heterocycles. The quantitative estimate of drug-likeness (QED) is 0.768. The van der Waals surface area contributed by atoms with Gasteiger partial charge in [-0.25, -0.2) is 0 Å². The van der Waals surface area contributed by atoms with Gasteiger partial charge in [-0.3, -0.25) is 4.79 Å². The smallest absolute Gasteiger partial charge is 0.310 e. The van der Waals surface area contributed by atoms with Gasteiger partial charge in [-0.15, -0.1) is 0 Å². The molecule has 2 nitrogen and oxygen atoms in total. The minimum atomic E-state index is -0.164. The minimum absolute atomic E-state index is 0.0572. The minimum Gasteiger partial charge on any atom is -0.463 e. The predicted octanol–water partition coefficient (Wildman–Crippen LogP) is 3.64. The molecule has 0 saturated carbocycles. The van der Waals surface area contributed by atoms with E-state index in [1.807, 2.05) is 32.0 Å². The summed E-state index contributed by atoms with van der Waals surface area (Å²) in [5, 5.41) is 2.41. The molecule has 0 aliphatic heterocycles. The Balaban J connectivity index is 2.29. The second-order valence-corrected chi connectivity index (χ2v) is 4.79. The van der Waals surface area contributed by atoms with Crippen molar-refractivity contribution in [2.24, 2.45) is 0 Å². The van der Waals surface area contributed by atoms with Gasteiger partial charge < -0.3 is 4.74 Å². The second-order valence-electron chi connectivity index (χ2n) is 4.79. The van der Waals surface area contributed by atoms with Crippen LogP contribution in [0.25, 0.3) is 10.8 Å². The van der Waals surface area contributed by atoms with E-state index in [4.69, 9.17) is 4.74 Å². The molecule has 94 valence electrons. The lowest BCUT2D eigenvalue weighted by atomic mass is 9.98. The Labute approximate surface area is 108 Å². The highest BCUT2D eigenvalue weighted by atomic mass is 16.5. The topological polar surface area (TPSA) is 26.3 Å². The van der Waals surface area contributed by atoms with Gasteiger partial charge >= 0.3 is 5.97 Å². The number of ether oxygens (including phenoxy) is 1. The first-order valence-corrected chi connectivity index (χ1v) is 6.24. The number of hydrogen-bond acceptors (Lipinski definition) is 2. The second kappa shape index (κ2) is 5.21. The highest BCUT2D eigenvalue weighted by molar-refractivity contribution is 5.87. The van der Waals surface area contributed by atoms with Gasteiger partial charge in [-0.2, -0.15) is 0 Å². The van der Waals surface area contributed by atoms with Crippen molar-refractivity contribution in [3.63, 3.8) is 0 Å². The van der Waals surface area contributed by atoms with Crippen molar-refractivity contribution >= 4 is 16.7 Å². The highest BCUT2D eigenvalue weighted by Crippen LogP contribution is 2.22. The Hall–Kier alpha value is -1.83. The van der Waals surface area contributed by atoms with E-state index < -0.39 is 0 Å². The summed E-state index contributed by atoms with van der Waals surface area (Å²) in [6, 6.07) is 12.3. The van der Waals surface area contributed by atoms with Crippen LogP contribution in [-0.4, -0.2) is 12.1 Å². The summed E-state index contributed by atoms with van der Waals surface area (Å²) in [6.07, 6.45) is 0.285. The molecule has 0 fully saturated rings. The molecule has 0 unspecified atom stereocenters. The van der Waals surface area contributed by atoms with Crippen LogP contribution in [-0.2, 0) is 16.0 Å². The maximum absolute atomic E-state index is 11.7. The van der Waals surface area contributed by atoms with E-state index in [9.17, 15) is 4.79 Å². The number of fused-ring (bicyclic) bond motifs is 1. The summed E-state index contributed by atoms with van der Waals surface area (Å²) < 4.78 is 5.18. The normalized spacial score (nSPS) is 10.9. The number of esters is 1. The number of carbonyl (C=O) groups is 1. The Kier molecular flexibility index (Phi) is 3.66. The van der Waals surface area contributed by atoms with Crippen LogP contribution in [0.2, 0.25) is 0 Å². The van der Waals surface area contributed by atoms with Gasteiger partial charge in [0.15, 0.2) is 0 Å². The number of rotatable bonds is 3. The first-order chi connectivity index (χ1) is 8.58. The van der Waals surface area contributed by atoms with Gasteiger partial charge in [0, 0.05) is 0 Å². The molecule has 0 saturated heterocycles. The van der Waals surface area contributed by atoms with E-state index in [1.165, 1.54) is 10.8 Å². The van der Waals surface area contributed by atoms with Crippen molar-refractivity contribution < 1.29 is 9.53 Å². The third-order valence-electron chi connectivity index (χ3n) is 3.01. The van der Waals surface area contributed by atoms with Crippen molar-refractivity contribution in [1.82, 2.24) is 0 Å². The van der Waals surface area contributed by atoms with E-state index in [1.54, 1.807) is 0 Å². The van der Waals surface area contributed by atoms with Crippen LogP contribution in [0.3, 0.4) is 0 Å². The van der Waals surface area contributed by atoms with Crippen molar-refractivity contribution in [3.05, 3.63) is 47.5 Å². The van der Waals surface area contributed by atoms with Crippen LogP contribution in [0.5, 0.6) is 0 Å². The number of aryl methyl sites for hydroxylation is 1. The number of benzene rings is 2. The molecule has 0 aromatic heterocycles. The van der Waals surface area contributed by atoms with Crippen molar-refractivity contribution in [3.8, 4) is 0 Å². The predicted molar refractivity (Wildman–Crippen MR) is 73.6 cm³/mol. The largest absolute Gasteiger partial charge is 0.463 e. The molecule has 0 amide bonds. The fraction of sp³-hybridized carbons (Fsp3) is 0.312. The molecular weight excluding hydrogens is 224 g/mol. The summed E-state index contributed by atoms with van der Waals surface area (Å²) in [5.74, 6) is -0.164.